The predicted octanol–water partition coefficient (Wildman–Crippen LogP) is 5.50. The van der Waals surface area contributed by atoms with Crippen LogP contribution in [0.25, 0.3) is 10.8 Å². The summed E-state index contributed by atoms with van der Waals surface area (Å²) in [5, 5.41) is 2.60. The van der Waals surface area contributed by atoms with Gasteiger partial charge in [0, 0.05) is 11.0 Å². The molecule has 2 aromatic carbocycles. The quantitative estimate of drug-likeness (QED) is 0.668. The average molecular weight is 316 g/mol. The number of hydrogen-bond donors (Lipinski definition) is 0. The van der Waals surface area contributed by atoms with Gasteiger partial charge in [-0.1, -0.05) is 49.8 Å². The van der Waals surface area contributed by atoms with E-state index in [1.807, 2.05) is 0 Å². The Morgan fingerprint density at radius 1 is 1.21 bits per heavy atom. The summed E-state index contributed by atoms with van der Waals surface area (Å²) in [7, 11) is 0. The Labute approximate surface area is 143 Å². The number of aryl methyl sites for hydroxylation is 2. The summed E-state index contributed by atoms with van der Waals surface area (Å²) in [6, 6.07) is 11.1. The van der Waals surface area contributed by atoms with Crippen molar-refractivity contribution >= 4 is 16.6 Å². The number of allylic oxidation sites excluding steroid dienone is 2. The molecular weight excluding hydrogens is 292 g/mol. The molecule has 5 rings (SSSR count). The van der Waals surface area contributed by atoms with Gasteiger partial charge in [-0.25, -0.2) is 0 Å². The van der Waals surface area contributed by atoms with Gasteiger partial charge in [0.05, 0.1) is 0 Å². The SMILES string of the molecule is CCCc1cccc2cc3c(cc12)C(=O)C1(CC3)CC2C=CC1C2. The molecule has 0 amide bonds. The second-order valence-corrected chi connectivity index (χ2v) is 8.07. The lowest BCUT2D eigenvalue weighted by atomic mass is 9.63. The molecule has 2 aromatic rings. The minimum absolute atomic E-state index is 0.0835. The highest BCUT2D eigenvalue weighted by atomic mass is 16.1. The Hall–Kier alpha value is -1.89. The van der Waals surface area contributed by atoms with Crippen LogP contribution in [0.3, 0.4) is 0 Å². The van der Waals surface area contributed by atoms with Crippen molar-refractivity contribution < 1.29 is 4.79 Å². The number of hydrogen-bond acceptors (Lipinski definition) is 1. The van der Waals surface area contributed by atoms with E-state index in [2.05, 4.69) is 49.4 Å². The molecule has 1 nitrogen and oxygen atoms in total. The van der Waals surface area contributed by atoms with Gasteiger partial charge in [-0.15, -0.1) is 0 Å². The Bertz CT molecular complexity index is 875. The molecule has 0 heterocycles. The van der Waals surface area contributed by atoms with Crippen molar-refractivity contribution in [1.82, 2.24) is 0 Å². The van der Waals surface area contributed by atoms with Gasteiger partial charge >= 0.3 is 0 Å². The van der Waals surface area contributed by atoms with Crippen LogP contribution in [0, 0.1) is 17.3 Å². The van der Waals surface area contributed by atoms with Crippen molar-refractivity contribution in [2.75, 3.05) is 0 Å². The maximum Gasteiger partial charge on any atom is 0.169 e. The van der Waals surface area contributed by atoms with Crippen molar-refractivity contribution in [2.24, 2.45) is 17.3 Å². The van der Waals surface area contributed by atoms with Crippen molar-refractivity contribution in [3.05, 3.63) is 59.2 Å². The second-order valence-electron chi connectivity index (χ2n) is 8.07. The molecule has 1 spiro atoms. The van der Waals surface area contributed by atoms with Crippen LogP contribution in [-0.4, -0.2) is 5.78 Å². The molecule has 1 saturated carbocycles. The Morgan fingerprint density at radius 2 is 2.12 bits per heavy atom. The fourth-order valence-electron chi connectivity index (χ4n) is 5.59. The van der Waals surface area contributed by atoms with E-state index in [0.29, 0.717) is 17.6 Å². The van der Waals surface area contributed by atoms with Gasteiger partial charge in [-0.05, 0) is 71.9 Å². The zero-order valence-corrected chi connectivity index (χ0v) is 14.3. The lowest BCUT2D eigenvalue weighted by Crippen LogP contribution is -2.39. The van der Waals surface area contributed by atoms with Crippen LogP contribution >= 0.6 is 0 Å². The van der Waals surface area contributed by atoms with E-state index in [-0.39, 0.29) is 5.41 Å². The number of Topliss-reactive ketones (excluding diaryl/α,β-unsaturated/α-hetero) is 1. The highest BCUT2D eigenvalue weighted by Gasteiger charge is 2.54. The number of carbonyl (C=O) groups is 1. The van der Waals surface area contributed by atoms with Crippen LogP contribution in [0.4, 0.5) is 0 Å². The molecule has 0 N–H and O–H groups in total. The molecular formula is C23H24O. The van der Waals surface area contributed by atoms with Crippen molar-refractivity contribution in [1.29, 1.82) is 0 Å². The van der Waals surface area contributed by atoms with E-state index < -0.39 is 0 Å². The summed E-state index contributed by atoms with van der Waals surface area (Å²) in [6.45, 7) is 2.22. The Kier molecular flexibility index (Phi) is 3.04. The highest BCUT2D eigenvalue weighted by Crippen LogP contribution is 2.57. The largest absolute Gasteiger partial charge is 0.294 e. The van der Waals surface area contributed by atoms with Crippen LogP contribution in [0.2, 0.25) is 0 Å². The first kappa shape index (κ1) is 14.5. The molecule has 0 radical (unpaired) electrons. The Balaban J connectivity index is 1.66. The lowest BCUT2D eigenvalue weighted by Gasteiger charge is -2.38. The summed E-state index contributed by atoms with van der Waals surface area (Å²) in [6.07, 6.45) is 11.3. The topological polar surface area (TPSA) is 17.1 Å². The van der Waals surface area contributed by atoms with Gasteiger partial charge in [0.1, 0.15) is 0 Å². The first-order valence-electron chi connectivity index (χ1n) is 9.49. The lowest BCUT2D eigenvalue weighted by molar-refractivity contribution is 0.0703. The third-order valence-corrected chi connectivity index (χ3v) is 6.76. The molecule has 0 aliphatic heterocycles. The number of ketones is 1. The molecule has 0 aromatic heterocycles. The van der Waals surface area contributed by atoms with E-state index >= 15 is 0 Å². The normalized spacial score (nSPS) is 30.5. The summed E-state index contributed by atoms with van der Waals surface area (Å²) < 4.78 is 0. The predicted molar refractivity (Wildman–Crippen MR) is 98.4 cm³/mol. The molecule has 24 heavy (non-hydrogen) atoms. The number of carbonyl (C=O) groups excluding carboxylic acids is 1. The van der Waals surface area contributed by atoms with Crippen LogP contribution in [-0.2, 0) is 12.8 Å². The molecule has 1 fully saturated rings. The Morgan fingerprint density at radius 3 is 2.88 bits per heavy atom. The molecule has 3 aliphatic rings. The zero-order valence-electron chi connectivity index (χ0n) is 14.3. The minimum atomic E-state index is -0.0835. The molecule has 3 aliphatic carbocycles. The van der Waals surface area contributed by atoms with E-state index in [4.69, 9.17) is 0 Å². The maximum absolute atomic E-state index is 13.5. The average Bonchev–Trinajstić information content (AvgIpc) is 3.20. The molecule has 3 unspecified atom stereocenters. The molecule has 1 heteroatoms. The fourth-order valence-corrected chi connectivity index (χ4v) is 5.59. The first-order chi connectivity index (χ1) is 11.7. The van der Waals surface area contributed by atoms with E-state index in [0.717, 1.165) is 37.7 Å². The zero-order chi connectivity index (χ0) is 16.3. The monoisotopic (exact) mass is 316 g/mol. The number of fused-ring (bicyclic) bond motifs is 5. The van der Waals surface area contributed by atoms with Crippen molar-refractivity contribution in [3.8, 4) is 0 Å². The summed E-state index contributed by atoms with van der Waals surface area (Å²) in [4.78, 5) is 13.5. The smallest absolute Gasteiger partial charge is 0.169 e. The van der Waals surface area contributed by atoms with Crippen LogP contribution < -0.4 is 0 Å². The third-order valence-electron chi connectivity index (χ3n) is 6.76. The molecule has 2 bridgehead atoms. The summed E-state index contributed by atoms with van der Waals surface area (Å²) in [5.74, 6) is 1.58. The number of rotatable bonds is 2. The first-order valence-corrected chi connectivity index (χ1v) is 9.49. The highest BCUT2D eigenvalue weighted by molar-refractivity contribution is 6.06. The van der Waals surface area contributed by atoms with Gasteiger partial charge in [0.15, 0.2) is 5.78 Å². The molecule has 0 saturated heterocycles. The van der Waals surface area contributed by atoms with Crippen molar-refractivity contribution in [3.63, 3.8) is 0 Å². The van der Waals surface area contributed by atoms with E-state index in [9.17, 15) is 4.79 Å². The fraction of sp³-hybridized carbons (Fsp3) is 0.435. The van der Waals surface area contributed by atoms with Gasteiger partial charge in [-0.2, -0.15) is 0 Å². The van der Waals surface area contributed by atoms with Gasteiger partial charge < -0.3 is 0 Å². The maximum atomic E-state index is 13.5. The van der Waals surface area contributed by atoms with Crippen LogP contribution in [0.5, 0.6) is 0 Å². The molecule has 3 atom stereocenters. The minimum Gasteiger partial charge on any atom is -0.294 e. The van der Waals surface area contributed by atoms with Gasteiger partial charge in [0.25, 0.3) is 0 Å². The third kappa shape index (κ3) is 1.84. The van der Waals surface area contributed by atoms with Gasteiger partial charge in [-0.3, -0.25) is 4.79 Å². The van der Waals surface area contributed by atoms with Crippen LogP contribution in [0.15, 0.2) is 42.5 Å². The second kappa shape index (κ2) is 5.05. The number of benzene rings is 2. The summed E-state index contributed by atoms with van der Waals surface area (Å²) in [5.41, 5.74) is 3.61. The van der Waals surface area contributed by atoms with E-state index in [1.165, 1.54) is 28.3 Å². The van der Waals surface area contributed by atoms with Crippen LogP contribution in [0.1, 0.15) is 54.1 Å². The summed E-state index contributed by atoms with van der Waals surface area (Å²) >= 11 is 0. The van der Waals surface area contributed by atoms with Gasteiger partial charge in [0.2, 0.25) is 0 Å². The van der Waals surface area contributed by atoms with E-state index in [1.54, 1.807) is 0 Å². The standard InChI is InChI=1S/C23H24O/c1-2-4-16-5-3-6-17-12-18-9-10-23(14-15-7-8-19(23)11-15)22(24)21(18)13-20(16)17/h3,5-8,12-13,15,19H,2,4,9-11,14H2,1H3. The molecule has 122 valence electrons. The van der Waals surface area contributed by atoms with Crippen molar-refractivity contribution in [2.45, 2.75) is 45.4 Å².